The Morgan fingerprint density at radius 2 is 2.00 bits per heavy atom. The molecule has 3 rings (SSSR count). The van der Waals surface area contributed by atoms with Gasteiger partial charge in [-0.15, -0.1) is 11.3 Å². The van der Waals surface area contributed by atoms with Crippen molar-refractivity contribution in [3.05, 3.63) is 10.4 Å². The molecule has 0 saturated heterocycles. The van der Waals surface area contributed by atoms with Crippen molar-refractivity contribution in [1.82, 2.24) is 9.97 Å². The first kappa shape index (κ1) is 15.7. The summed E-state index contributed by atoms with van der Waals surface area (Å²) in [6.07, 6.45) is 4.67. The Kier molecular flexibility index (Phi) is 4.16. The number of ketones is 1. The molecule has 0 fully saturated rings. The van der Waals surface area contributed by atoms with Crippen molar-refractivity contribution in [3.8, 4) is 0 Å². The zero-order valence-electron chi connectivity index (χ0n) is 13.2. The molecule has 1 aliphatic rings. The predicted octanol–water partition coefficient (Wildman–Crippen LogP) is 3.86. The van der Waals surface area contributed by atoms with Crippen molar-refractivity contribution < 1.29 is 4.79 Å². The number of fused-ring (bicyclic) bond motifs is 3. The quantitative estimate of drug-likeness (QED) is 0.681. The van der Waals surface area contributed by atoms with E-state index in [4.69, 9.17) is 5.73 Å². The number of carbonyl (C=O) groups excluding carboxylic acids is 1. The summed E-state index contributed by atoms with van der Waals surface area (Å²) in [5, 5.41) is 1.66. The highest BCUT2D eigenvalue weighted by Crippen LogP contribution is 2.38. The van der Waals surface area contributed by atoms with Gasteiger partial charge in [0.1, 0.15) is 16.4 Å². The van der Waals surface area contributed by atoms with Gasteiger partial charge in [0.15, 0.2) is 5.16 Å². The molecule has 118 valence electrons. The molecular weight excluding hydrogens is 314 g/mol. The van der Waals surface area contributed by atoms with Crippen molar-refractivity contribution >= 4 is 44.9 Å². The summed E-state index contributed by atoms with van der Waals surface area (Å²) in [6, 6.07) is 0. The van der Waals surface area contributed by atoms with Gasteiger partial charge in [-0.2, -0.15) is 0 Å². The summed E-state index contributed by atoms with van der Waals surface area (Å²) in [4.78, 5) is 23.5. The first-order valence-electron chi connectivity index (χ1n) is 7.60. The highest BCUT2D eigenvalue weighted by Gasteiger charge is 2.23. The third-order valence-corrected chi connectivity index (χ3v) is 6.02. The fraction of sp³-hybridized carbons (Fsp3) is 0.562. The maximum atomic E-state index is 12.0. The number of thioether (sulfide) groups is 1. The summed E-state index contributed by atoms with van der Waals surface area (Å²) >= 11 is 3.12. The van der Waals surface area contributed by atoms with E-state index in [1.54, 1.807) is 11.3 Å². The van der Waals surface area contributed by atoms with Crippen LogP contribution in [0, 0.1) is 5.41 Å². The molecule has 1 aliphatic carbocycles. The molecule has 0 spiro atoms. The molecule has 0 unspecified atom stereocenters. The van der Waals surface area contributed by atoms with Crippen LogP contribution in [-0.4, -0.2) is 21.5 Å². The number of carbonyl (C=O) groups is 1. The average molecular weight is 335 g/mol. The smallest absolute Gasteiger partial charge is 0.191 e. The molecule has 0 bridgehead atoms. The number of nitrogens with zero attached hydrogens (tertiary/aromatic N) is 2. The monoisotopic (exact) mass is 335 g/mol. The van der Waals surface area contributed by atoms with Crippen molar-refractivity contribution in [3.63, 3.8) is 0 Å². The summed E-state index contributed by atoms with van der Waals surface area (Å²) in [5.74, 6) is 1.15. The Morgan fingerprint density at radius 3 is 2.73 bits per heavy atom. The topological polar surface area (TPSA) is 68.9 Å². The van der Waals surface area contributed by atoms with Crippen LogP contribution >= 0.6 is 23.1 Å². The van der Waals surface area contributed by atoms with Crippen LogP contribution in [0.4, 0.5) is 5.82 Å². The van der Waals surface area contributed by atoms with Gasteiger partial charge in [0.2, 0.25) is 0 Å². The largest absolute Gasteiger partial charge is 0.383 e. The minimum Gasteiger partial charge on any atom is -0.383 e. The molecule has 4 nitrogen and oxygen atoms in total. The number of aryl methyl sites for hydroxylation is 2. The molecule has 0 saturated carbocycles. The number of hydrogen-bond donors (Lipinski definition) is 1. The molecule has 0 aliphatic heterocycles. The van der Waals surface area contributed by atoms with Gasteiger partial charge in [-0.1, -0.05) is 32.5 Å². The fourth-order valence-corrected chi connectivity index (χ4v) is 4.92. The SMILES string of the molecule is CC(C)(C)C(=O)CSc1nc(N)c2c3c(sc2n1)CCCC3. The Labute approximate surface area is 138 Å². The number of hydrogen-bond acceptors (Lipinski definition) is 6. The van der Waals surface area contributed by atoms with Crippen LogP contribution in [-0.2, 0) is 17.6 Å². The molecule has 0 atom stereocenters. The van der Waals surface area contributed by atoms with Crippen molar-refractivity contribution in [2.24, 2.45) is 5.41 Å². The highest BCUT2D eigenvalue weighted by atomic mass is 32.2. The molecule has 2 heterocycles. The molecule has 6 heteroatoms. The molecule has 2 aromatic rings. The number of Topliss-reactive ketones (excluding diaryl/α,β-unsaturated/α-hetero) is 1. The second kappa shape index (κ2) is 5.81. The van der Waals surface area contributed by atoms with E-state index in [9.17, 15) is 4.79 Å². The lowest BCUT2D eigenvalue weighted by Crippen LogP contribution is -2.22. The fourth-order valence-electron chi connectivity index (χ4n) is 2.58. The summed E-state index contributed by atoms with van der Waals surface area (Å²) in [5.41, 5.74) is 7.20. The van der Waals surface area contributed by atoms with Crippen LogP contribution in [0.2, 0.25) is 0 Å². The molecule has 22 heavy (non-hydrogen) atoms. The van der Waals surface area contributed by atoms with E-state index >= 15 is 0 Å². The third-order valence-electron chi connectivity index (χ3n) is 3.99. The van der Waals surface area contributed by atoms with Gasteiger partial charge in [-0.25, -0.2) is 9.97 Å². The van der Waals surface area contributed by atoms with Crippen LogP contribution in [0.5, 0.6) is 0 Å². The Hall–Kier alpha value is -1.14. The zero-order chi connectivity index (χ0) is 15.9. The van der Waals surface area contributed by atoms with Gasteiger partial charge in [0, 0.05) is 10.3 Å². The first-order chi connectivity index (χ1) is 10.4. The summed E-state index contributed by atoms with van der Waals surface area (Å²) in [7, 11) is 0. The molecule has 0 amide bonds. The normalized spacial score (nSPS) is 15.0. The average Bonchev–Trinajstić information content (AvgIpc) is 2.82. The number of thiophene rings is 1. The second-order valence-corrected chi connectivity index (χ2v) is 8.77. The lowest BCUT2D eigenvalue weighted by molar-refractivity contribution is -0.123. The number of nitrogens with two attached hydrogens (primary N) is 1. The van der Waals surface area contributed by atoms with E-state index in [1.807, 2.05) is 20.8 Å². The van der Waals surface area contributed by atoms with Gasteiger partial charge >= 0.3 is 0 Å². The van der Waals surface area contributed by atoms with Crippen LogP contribution in [0.25, 0.3) is 10.2 Å². The number of anilines is 1. The van der Waals surface area contributed by atoms with Crippen LogP contribution in [0.3, 0.4) is 0 Å². The molecular formula is C16H21N3OS2. The van der Waals surface area contributed by atoms with Crippen molar-refractivity contribution in [2.75, 3.05) is 11.5 Å². The number of aromatic nitrogens is 2. The van der Waals surface area contributed by atoms with Gasteiger partial charge in [0.25, 0.3) is 0 Å². The second-order valence-electron chi connectivity index (χ2n) is 6.74. The van der Waals surface area contributed by atoms with Crippen LogP contribution in [0.15, 0.2) is 5.16 Å². The van der Waals surface area contributed by atoms with Crippen molar-refractivity contribution in [1.29, 1.82) is 0 Å². The molecule has 0 radical (unpaired) electrons. The Bertz CT molecular complexity index is 731. The lowest BCUT2D eigenvalue weighted by Gasteiger charge is -2.15. The number of rotatable bonds is 3. The zero-order valence-corrected chi connectivity index (χ0v) is 14.9. The van der Waals surface area contributed by atoms with Crippen LogP contribution < -0.4 is 5.73 Å². The third kappa shape index (κ3) is 2.99. The highest BCUT2D eigenvalue weighted by molar-refractivity contribution is 7.99. The van der Waals surface area contributed by atoms with Gasteiger partial charge in [-0.05, 0) is 31.2 Å². The van der Waals surface area contributed by atoms with E-state index < -0.39 is 0 Å². The van der Waals surface area contributed by atoms with Gasteiger partial charge in [0.05, 0.1) is 11.1 Å². The summed E-state index contributed by atoms with van der Waals surface area (Å²) < 4.78 is 0. The van der Waals surface area contributed by atoms with E-state index in [0.717, 1.165) is 23.1 Å². The minimum absolute atomic E-state index is 0.199. The maximum Gasteiger partial charge on any atom is 0.191 e. The Morgan fingerprint density at radius 1 is 1.27 bits per heavy atom. The molecule has 2 N–H and O–H groups in total. The number of nitrogen functional groups attached to an aromatic ring is 1. The van der Waals surface area contributed by atoms with Gasteiger partial charge in [-0.3, -0.25) is 4.79 Å². The van der Waals surface area contributed by atoms with Crippen LogP contribution in [0.1, 0.15) is 44.1 Å². The standard InChI is InChI=1S/C16H21N3OS2/c1-16(2,3)11(20)8-21-15-18-13(17)12-9-6-4-5-7-10(9)22-14(12)19-15/h4-8H2,1-3H3,(H2,17,18,19). The van der Waals surface area contributed by atoms with E-state index in [-0.39, 0.29) is 11.2 Å². The molecule has 2 aromatic heterocycles. The lowest BCUT2D eigenvalue weighted by atomic mass is 9.92. The van der Waals surface area contributed by atoms with E-state index in [0.29, 0.717) is 16.7 Å². The Balaban J connectivity index is 1.88. The maximum absolute atomic E-state index is 12.0. The summed E-state index contributed by atoms with van der Waals surface area (Å²) in [6.45, 7) is 5.80. The van der Waals surface area contributed by atoms with E-state index in [2.05, 4.69) is 9.97 Å². The molecule has 0 aromatic carbocycles. The van der Waals surface area contributed by atoms with E-state index in [1.165, 1.54) is 35.0 Å². The minimum atomic E-state index is -0.329. The first-order valence-corrected chi connectivity index (χ1v) is 9.40. The predicted molar refractivity (Wildman–Crippen MR) is 93.7 cm³/mol. The van der Waals surface area contributed by atoms with Gasteiger partial charge < -0.3 is 5.73 Å². The van der Waals surface area contributed by atoms with Crippen molar-refractivity contribution in [2.45, 2.75) is 51.6 Å².